The summed E-state index contributed by atoms with van der Waals surface area (Å²) in [5.41, 5.74) is 2.26. The number of benzene rings is 2. The van der Waals surface area contributed by atoms with E-state index in [0.717, 1.165) is 16.9 Å². The molecule has 0 aliphatic rings. The molecule has 0 aliphatic heterocycles. The molecule has 0 radical (unpaired) electrons. The van der Waals surface area contributed by atoms with Crippen LogP contribution in [0.5, 0.6) is 5.75 Å². The minimum atomic E-state index is -0.0159. The molecule has 5 heteroatoms. The van der Waals surface area contributed by atoms with Crippen molar-refractivity contribution < 1.29 is 9.53 Å². The first kappa shape index (κ1) is 18.0. The van der Waals surface area contributed by atoms with E-state index in [1.54, 1.807) is 7.05 Å². The van der Waals surface area contributed by atoms with E-state index in [-0.39, 0.29) is 18.3 Å². The molecule has 0 atom stereocenters. The van der Waals surface area contributed by atoms with Gasteiger partial charge in [-0.3, -0.25) is 4.79 Å². The van der Waals surface area contributed by atoms with Crippen LogP contribution in [0.15, 0.2) is 54.6 Å². The zero-order valence-corrected chi connectivity index (χ0v) is 13.4. The van der Waals surface area contributed by atoms with Crippen molar-refractivity contribution in [3.05, 3.63) is 65.7 Å². The fourth-order valence-corrected chi connectivity index (χ4v) is 1.85. The maximum absolute atomic E-state index is 11.1. The molecule has 0 bridgehead atoms. The number of amides is 1. The number of nitrogens with one attached hydrogen (secondary N) is 2. The Morgan fingerprint density at radius 1 is 1.00 bits per heavy atom. The van der Waals surface area contributed by atoms with Gasteiger partial charge in [-0.1, -0.05) is 42.5 Å². The lowest BCUT2D eigenvalue weighted by atomic mass is 10.2. The maximum atomic E-state index is 11.1. The zero-order chi connectivity index (χ0) is 14.9. The molecule has 22 heavy (non-hydrogen) atoms. The van der Waals surface area contributed by atoms with Gasteiger partial charge < -0.3 is 15.4 Å². The molecule has 2 aromatic rings. The van der Waals surface area contributed by atoms with Gasteiger partial charge in [-0.2, -0.15) is 0 Å². The second-order valence-corrected chi connectivity index (χ2v) is 4.69. The predicted octanol–water partition coefficient (Wildman–Crippen LogP) is 2.52. The van der Waals surface area contributed by atoms with Crippen molar-refractivity contribution in [2.24, 2.45) is 0 Å². The monoisotopic (exact) mass is 320 g/mol. The van der Waals surface area contributed by atoms with Crippen molar-refractivity contribution >= 4 is 18.3 Å². The lowest BCUT2D eigenvalue weighted by Crippen LogP contribution is -2.30. The van der Waals surface area contributed by atoms with Crippen LogP contribution in [-0.2, 0) is 17.9 Å². The van der Waals surface area contributed by atoms with Gasteiger partial charge in [0, 0.05) is 13.6 Å². The van der Waals surface area contributed by atoms with E-state index in [4.69, 9.17) is 4.74 Å². The first-order valence-electron chi connectivity index (χ1n) is 6.95. The normalized spacial score (nSPS) is 9.68. The summed E-state index contributed by atoms with van der Waals surface area (Å²) < 4.78 is 5.72. The first-order valence-corrected chi connectivity index (χ1v) is 6.95. The Labute approximate surface area is 137 Å². The van der Waals surface area contributed by atoms with Crippen LogP contribution in [0.4, 0.5) is 0 Å². The van der Waals surface area contributed by atoms with E-state index in [1.165, 1.54) is 0 Å². The first-order chi connectivity index (χ1) is 10.3. The number of likely N-dealkylation sites (N-methyl/N-ethyl adjacent to an activating group) is 1. The molecule has 0 aromatic heterocycles. The summed E-state index contributed by atoms with van der Waals surface area (Å²) in [4.78, 5) is 11.1. The van der Waals surface area contributed by atoms with E-state index in [1.807, 2.05) is 54.6 Å². The second-order valence-electron chi connectivity index (χ2n) is 4.69. The highest BCUT2D eigenvalue weighted by atomic mass is 35.5. The molecule has 0 saturated heterocycles. The predicted molar refractivity (Wildman–Crippen MR) is 90.2 cm³/mol. The Morgan fingerprint density at radius 3 is 2.32 bits per heavy atom. The van der Waals surface area contributed by atoms with Crippen molar-refractivity contribution in [3.63, 3.8) is 0 Å². The Bertz CT molecular complexity index is 559. The molecule has 0 unspecified atom stereocenters. The van der Waals surface area contributed by atoms with Gasteiger partial charge >= 0.3 is 0 Å². The Hall–Kier alpha value is -2.04. The van der Waals surface area contributed by atoms with Crippen molar-refractivity contribution in [1.82, 2.24) is 10.6 Å². The summed E-state index contributed by atoms with van der Waals surface area (Å²) in [6.45, 7) is 1.55. The topological polar surface area (TPSA) is 50.4 Å². The standard InChI is InChI=1S/C17H20N2O2.ClH/c1-18-17(20)12-19-11-14-7-9-16(10-8-14)21-13-15-5-3-2-4-6-15;/h2-10,19H,11-13H2,1H3,(H,18,20);1H. The van der Waals surface area contributed by atoms with Crippen LogP contribution >= 0.6 is 12.4 Å². The van der Waals surface area contributed by atoms with Gasteiger partial charge in [-0.05, 0) is 23.3 Å². The largest absolute Gasteiger partial charge is 0.489 e. The van der Waals surface area contributed by atoms with E-state index in [9.17, 15) is 4.79 Å². The molecular weight excluding hydrogens is 300 g/mol. The van der Waals surface area contributed by atoms with Crippen LogP contribution in [0.2, 0.25) is 0 Å². The SMILES string of the molecule is CNC(=O)CNCc1ccc(OCc2ccccc2)cc1.Cl. The van der Waals surface area contributed by atoms with Crippen LogP contribution in [0.25, 0.3) is 0 Å². The zero-order valence-electron chi connectivity index (χ0n) is 12.5. The number of carbonyl (C=O) groups is 1. The smallest absolute Gasteiger partial charge is 0.233 e. The molecule has 1 amide bonds. The molecule has 2 aromatic carbocycles. The highest BCUT2D eigenvalue weighted by molar-refractivity contribution is 5.85. The van der Waals surface area contributed by atoms with E-state index in [2.05, 4.69) is 10.6 Å². The second kappa shape index (κ2) is 9.82. The molecule has 118 valence electrons. The highest BCUT2D eigenvalue weighted by Gasteiger charge is 1.99. The van der Waals surface area contributed by atoms with Gasteiger partial charge in [0.25, 0.3) is 0 Å². The number of hydrogen-bond acceptors (Lipinski definition) is 3. The summed E-state index contributed by atoms with van der Waals surface area (Å²) in [7, 11) is 1.63. The fraction of sp³-hybridized carbons (Fsp3) is 0.235. The van der Waals surface area contributed by atoms with Crippen LogP contribution in [-0.4, -0.2) is 19.5 Å². The maximum Gasteiger partial charge on any atom is 0.233 e. The summed E-state index contributed by atoms with van der Waals surface area (Å²) in [5.74, 6) is 0.826. The molecule has 0 heterocycles. The number of ether oxygens (including phenoxy) is 1. The van der Waals surface area contributed by atoms with E-state index < -0.39 is 0 Å². The molecule has 0 spiro atoms. The van der Waals surface area contributed by atoms with Gasteiger partial charge in [-0.15, -0.1) is 12.4 Å². The Morgan fingerprint density at radius 2 is 1.68 bits per heavy atom. The van der Waals surface area contributed by atoms with Crippen LogP contribution < -0.4 is 15.4 Å². The van der Waals surface area contributed by atoms with Gasteiger partial charge in [0.15, 0.2) is 0 Å². The third-order valence-electron chi connectivity index (χ3n) is 3.07. The van der Waals surface area contributed by atoms with Crippen LogP contribution in [0, 0.1) is 0 Å². The third kappa shape index (κ3) is 6.16. The van der Waals surface area contributed by atoms with Gasteiger partial charge in [0.1, 0.15) is 12.4 Å². The van der Waals surface area contributed by atoms with Gasteiger partial charge in [-0.25, -0.2) is 0 Å². The number of halogens is 1. The van der Waals surface area contributed by atoms with Crippen molar-refractivity contribution in [3.8, 4) is 5.75 Å². The molecule has 0 saturated carbocycles. The van der Waals surface area contributed by atoms with E-state index >= 15 is 0 Å². The highest BCUT2D eigenvalue weighted by Crippen LogP contribution is 2.14. The quantitative estimate of drug-likeness (QED) is 0.824. The minimum absolute atomic E-state index is 0. The summed E-state index contributed by atoms with van der Waals surface area (Å²) in [6, 6.07) is 18.0. The van der Waals surface area contributed by atoms with Gasteiger partial charge in [0.05, 0.1) is 6.54 Å². The van der Waals surface area contributed by atoms with Crippen LogP contribution in [0.1, 0.15) is 11.1 Å². The molecule has 2 N–H and O–H groups in total. The summed E-state index contributed by atoms with van der Waals surface area (Å²) >= 11 is 0. The summed E-state index contributed by atoms with van der Waals surface area (Å²) in [6.07, 6.45) is 0. The van der Waals surface area contributed by atoms with Crippen molar-refractivity contribution in [2.45, 2.75) is 13.2 Å². The van der Waals surface area contributed by atoms with E-state index in [0.29, 0.717) is 19.7 Å². The van der Waals surface area contributed by atoms with Crippen molar-refractivity contribution in [2.75, 3.05) is 13.6 Å². The minimum Gasteiger partial charge on any atom is -0.489 e. The molecular formula is C17H21ClN2O2. The number of rotatable bonds is 7. The third-order valence-corrected chi connectivity index (χ3v) is 3.07. The lowest BCUT2D eigenvalue weighted by molar-refractivity contribution is -0.119. The molecule has 0 fully saturated rings. The molecule has 2 rings (SSSR count). The number of carbonyl (C=O) groups excluding carboxylic acids is 1. The number of hydrogen-bond donors (Lipinski definition) is 2. The fourth-order valence-electron chi connectivity index (χ4n) is 1.85. The summed E-state index contributed by atoms with van der Waals surface area (Å²) in [5, 5.41) is 5.65. The molecule has 0 aliphatic carbocycles. The lowest BCUT2D eigenvalue weighted by Gasteiger charge is -2.08. The average Bonchev–Trinajstić information content (AvgIpc) is 2.55. The Balaban J connectivity index is 0.00000242. The average molecular weight is 321 g/mol. The Kier molecular flexibility index (Phi) is 8.04. The van der Waals surface area contributed by atoms with Crippen molar-refractivity contribution in [1.29, 1.82) is 0 Å². The van der Waals surface area contributed by atoms with Crippen LogP contribution in [0.3, 0.4) is 0 Å². The van der Waals surface area contributed by atoms with Gasteiger partial charge in [0.2, 0.25) is 5.91 Å². The molecule has 4 nitrogen and oxygen atoms in total.